The Hall–Kier alpha value is -2.05. The highest BCUT2D eigenvalue weighted by Crippen LogP contribution is 2.31. The minimum Gasteiger partial charge on any atom is -0.465 e. The highest BCUT2D eigenvalue weighted by atomic mass is 19.1. The highest BCUT2D eigenvalue weighted by Gasteiger charge is 2.38. The average Bonchev–Trinajstić information content (AvgIpc) is 2.45. The van der Waals surface area contributed by atoms with Crippen LogP contribution in [0, 0.1) is 5.92 Å². The summed E-state index contributed by atoms with van der Waals surface area (Å²) in [6, 6.07) is 1.50. The number of pyridine rings is 1. The van der Waals surface area contributed by atoms with Crippen LogP contribution in [0.1, 0.15) is 27.2 Å². The lowest BCUT2D eigenvalue weighted by Gasteiger charge is -2.46. The number of alkyl halides is 1. The quantitative estimate of drug-likeness (QED) is 0.893. The number of aromatic nitrogens is 1. The van der Waals surface area contributed by atoms with E-state index in [2.05, 4.69) is 4.98 Å². The zero-order chi connectivity index (χ0) is 17.2. The van der Waals surface area contributed by atoms with Gasteiger partial charge in [-0.2, -0.15) is 0 Å². The van der Waals surface area contributed by atoms with Crippen molar-refractivity contribution in [3.63, 3.8) is 0 Å². The third kappa shape index (κ3) is 3.83. The number of hydrogen-bond donors (Lipinski definition) is 2. The second-order valence-electron chi connectivity index (χ2n) is 7.07. The number of carbonyl (C=O) groups is 1. The van der Waals surface area contributed by atoms with E-state index in [9.17, 15) is 14.3 Å². The molecule has 2 rings (SSSR count). The molecule has 2 heterocycles. The SMILES string of the molecule is CC(C)(C)N(C(=O)O)C1CC(CF)CN(c2ccncc2N)C1. The summed E-state index contributed by atoms with van der Waals surface area (Å²) in [5, 5.41) is 9.61. The minimum absolute atomic E-state index is 0.217. The molecule has 1 saturated heterocycles. The lowest BCUT2D eigenvalue weighted by Crippen LogP contribution is -2.58. The second-order valence-corrected chi connectivity index (χ2v) is 7.07. The van der Waals surface area contributed by atoms with E-state index in [1.807, 2.05) is 25.7 Å². The van der Waals surface area contributed by atoms with Gasteiger partial charge in [0.05, 0.1) is 30.3 Å². The van der Waals surface area contributed by atoms with Crippen LogP contribution in [0.15, 0.2) is 18.5 Å². The summed E-state index contributed by atoms with van der Waals surface area (Å²) >= 11 is 0. The Morgan fingerprint density at radius 2 is 2.22 bits per heavy atom. The Bertz CT molecular complexity index is 561. The number of nitrogens with zero attached hydrogens (tertiary/aromatic N) is 3. The summed E-state index contributed by atoms with van der Waals surface area (Å²) in [5.41, 5.74) is 6.72. The van der Waals surface area contributed by atoms with E-state index in [1.165, 1.54) is 4.90 Å². The zero-order valence-electron chi connectivity index (χ0n) is 13.9. The Morgan fingerprint density at radius 1 is 1.52 bits per heavy atom. The molecule has 1 aromatic heterocycles. The van der Waals surface area contributed by atoms with Crippen LogP contribution in [0.25, 0.3) is 0 Å². The zero-order valence-corrected chi connectivity index (χ0v) is 13.9. The monoisotopic (exact) mass is 324 g/mol. The first-order chi connectivity index (χ1) is 10.7. The maximum absolute atomic E-state index is 13.4. The number of nitrogen functional groups attached to an aromatic ring is 1. The maximum Gasteiger partial charge on any atom is 0.408 e. The molecule has 1 amide bonds. The molecular formula is C16H25FN4O2. The van der Waals surface area contributed by atoms with Gasteiger partial charge in [0.25, 0.3) is 0 Å². The Labute approximate surface area is 136 Å². The van der Waals surface area contributed by atoms with Crippen molar-refractivity contribution in [2.45, 2.75) is 38.8 Å². The number of piperidine rings is 1. The molecule has 2 unspecified atom stereocenters. The topological polar surface area (TPSA) is 82.7 Å². The van der Waals surface area contributed by atoms with Crippen LogP contribution in [0.5, 0.6) is 0 Å². The summed E-state index contributed by atoms with van der Waals surface area (Å²) in [7, 11) is 0. The summed E-state index contributed by atoms with van der Waals surface area (Å²) in [6.07, 6.45) is 2.73. The number of halogens is 1. The van der Waals surface area contributed by atoms with Gasteiger partial charge in [-0.3, -0.25) is 14.3 Å². The fraction of sp³-hybridized carbons (Fsp3) is 0.625. The van der Waals surface area contributed by atoms with E-state index in [4.69, 9.17) is 5.73 Å². The molecular weight excluding hydrogens is 299 g/mol. The van der Waals surface area contributed by atoms with E-state index in [0.717, 1.165) is 5.69 Å². The molecule has 1 fully saturated rings. The smallest absolute Gasteiger partial charge is 0.408 e. The fourth-order valence-electron chi connectivity index (χ4n) is 3.35. The van der Waals surface area contributed by atoms with Gasteiger partial charge in [0, 0.05) is 30.7 Å². The number of rotatable bonds is 3. The van der Waals surface area contributed by atoms with Crippen molar-refractivity contribution >= 4 is 17.5 Å². The van der Waals surface area contributed by atoms with Crippen molar-refractivity contribution in [2.75, 3.05) is 30.4 Å². The van der Waals surface area contributed by atoms with E-state index >= 15 is 0 Å². The first kappa shape index (κ1) is 17.3. The van der Waals surface area contributed by atoms with Crippen molar-refractivity contribution in [1.82, 2.24) is 9.88 Å². The van der Waals surface area contributed by atoms with Gasteiger partial charge < -0.3 is 15.7 Å². The molecule has 1 aliphatic heterocycles. The Balaban J connectivity index is 2.31. The lowest BCUT2D eigenvalue weighted by atomic mass is 9.91. The largest absolute Gasteiger partial charge is 0.465 e. The molecule has 1 aliphatic rings. The van der Waals surface area contributed by atoms with Crippen molar-refractivity contribution in [2.24, 2.45) is 5.92 Å². The van der Waals surface area contributed by atoms with Gasteiger partial charge in [0.15, 0.2) is 0 Å². The predicted octanol–water partition coefficient (Wildman–Crippen LogP) is 2.61. The number of amides is 1. The molecule has 0 saturated carbocycles. The van der Waals surface area contributed by atoms with Crippen LogP contribution < -0.4 is 10.6 Å². The van der Waals surface area contributed by atoms with Crippen molar-refractivity contribution in [3.8, 4) is 0 Å². The van der Waals surface area contributed by atoms with Gasteiger partial charge in [-0.1, -0.05) is 0 Å². The van der Waals surface area contributed by atoms with E-state index in [0.29, 0.717) is 25.2 Å². The molecule has 128 valence electrons. The predicted molar refractivity (Wildman–Crippen MR) is 88.3 cm³/mol. The molecule has 0 aromatic carbocycles. The number of anilines is 2. The van der Waals surface area contributed by atoms with Crippen LogP contribution in [-0.4, -0.2) is 52.4 Å². The van der Waals surface area contributed by atoms with E-state index in [-0.39, 0.29) is 12.0 Å². The molecule has 2 atom stereocenters. The van der Waals surface area contributed by atoms with Gasteiger partial charge in [-0.05, 0) is 33.3 Å². The van der Waals surface area contributed by atoms with Gasteiger partial charge in [0.2, 0.25) is 0 Å². The van der Waals surface area contributed by atoms with Crippen molar-refractivity contribution in [3.05, 3.63) is 18.5 Å². The molecule has 0 radical (unpaired) electrons. The van der Waals surface area contributed by atoms with Crippen molar-refractivity contribution in [1.29, 1.82) is 0 Å². The molecule has 23 heavy (non-hydrogen) atoms. The second kappa shape index (κ2) is 6.60. The first-order valence-electron chi connectivity index (χ1n) is 7.76. The van der Waals surface area contributed by atoms with Gasteiger partial charge in [-0.25, -0.2) is 4.79 Å². The average molecular weight is 324 g/mol. The van der Waals surface area contributed by atoms with Crippen LogP contribution in [-0.2, 0) is 0 Å². The highest BCUT2D eigenvalue weighted by molar-refractivity contribution is 5.68. The molecule has 1 aromatic rings. The summed E-state index contributed by atoms with van der Waals surface area (Å²) in [5.74, 6) is -0.217. The van der Waals surface area contributed by atoms with Crippen LogP contribution in [0.3, 0.4) is 0 Å². The number of hydrogen-bond acceptors (Lipinski definition) is 4. The maximum atomic E-state index is 13.4. The molecule has 7 heteroatoms. The normalized spacial score (nSPS) is 22.0. The summed E-state index contributed by atoms with van der Waals surface area (Å²) in [6.45, 7) is 6.10. The molecule has 6 nitrogen and oxygen atoms in total. The Morgan fingerprint density at radius 3 is 2.74 bits per heavy atom. The van der Waals surface area contributed by atoms with Gasteiger partial charge in [0.1, 0.15) is 0 Å². The number of nitrogens with two attached hydrogens (primary N) is 1. The van der Waals surface area contributed by atoms with Crippen LogP contribution in [0.2, 0.25) is 0 Å². The fourth-order valence-corrected chi connectivity index (χ4v) is 3.35. The minimum atomic E-state index is -0.982. The van der Waals surface area contributed by atoms with Crippen molar-refractivity contribution < 1.29 is 14.3 Å². The van der Waals surface area contributed by atoms with Gasteiger partial charge in [-0.15, -0.1) is 0 Å². The summed E-state index contributed by atoms with van der Waals surface area (Å²) in [4.78, 5) is 19.1. The molecule has 0 aliphatic carbocycles. The first-order valence-corrected chi connectivity index (χ1v) is 7.76. The third-order valence-corrected chi connectivity index (χ3v) is 4.20. The van der Waals surface area contributed by atoms with E-state index in [1.54, 1.807) is 18.5 Å². The van der Waals surface area contributed by atoms with Crippen LogP contribution >= 0.6 is 0 Å². The summed E-state index contributed by atoms with van der Waals surface area (Å²) < 4.78 is 13.4. The Kier molecular flexibility index (Phi) is 4.97. The molecule has 0 bridgehead atoms. The van der Waals surface area contributed by atoms with Gasteiger partial charge >= 0.3 is 6.09 Å². The number of carboxylic acid groups (broad SMARTS) is 1. The lowest BCUT2D eigenvalue weighted by molar-refractivity contribution is 0.0551. The third-order valence-electron chi connectivity index (χ3n) is 4.20. The van der Waals surface area contributed by atoms with Crippen LogP contribution in [0.4, 0.5) is 20.6 Å². The standard InChI is InChI=1S/C16H25FN4O2/c1-16(2,3)21(15(22)23)12-6-11(7-17)9-20(10-12)14-4-5-19-8-13(14)18/h4-5,8,11-12H,6-7,9-10,18H2,1-3H3,(H,22,23). The molecule has 0 spiro atoms. The molecule has 3 N–H and O–H groups in total. The van der Waals surface area contributed by atoms with E-state index < -0.39 is 18.3 Å².